The van der Waals surface area contributed by atoms with Gasteiger partial charge >= 0.3 is 0 Å². The molecule has 7 nitrogen and oxygen atoms in total. The third-order valence-corrected chi connectivity index (χ3v) is 5.71. The smallest absolute Gasteiger partial charge is 0.261 e. The zero-order valence-electron chi connectivity index (χ0n) is 17.9. The number of aromatic nitrogens is 2. The molecule has 2 aromatic carbocycles. The van der Waals surface area contributed by atoms with E-state index < -0.39 is 0 Å². The zero-order valence-corrected chi connectivity index (χ0v) is 18.6. The van der Waals surface area contributed by atoms with Gasteiger partial charge < -0.3 is 10.6 Å². The van der Waals surface area contributed by atoms with Crippen molar-refractivity contribution in [2.24, 2.45) is 0 Å². The number of carbonyl (C=O) groups is 2. The highest BCUT2D eigenvalue weighted by Crippen LogP contribution is 2.35. The minimum Gasteiger partial charge on any atom is -0.352 e. The molecule has 0 saturated heterocycles. The average molecular weight is 453 g/mol. The van der Waals surface area contributed by atoms with Crippen molar-refractivity contribution in [2.45, 2.75) is 45.1 Å². The number of hydrogen-bond acceptors (Lipinski definition) is 4. The Morgan fingerprint density at radius 2 is 1.97 bits per heavy atom. The van der Waals surface area contributed by atoms with Crippen LogP contribution in [0.1, 0.15) is 54.8 Å². The molecule has 0 spiro atoms. The molecule has 1 saturated carbocycles. The Morgan fingerprint density at radius 1 is 1.19 bits per heavy atom. The van der Waals surface area contributed by atoms with Crippen LogP contribution in [0.5, 0.6) is 0 Å². The fourth-order valence-electron chi connectivity index (χ4n) is 3.64. The summed E-state index contributed by atoms with van der Waals surface area (Å²) < 4.78 is 1.75. The first-order chi connectivity index (χ1) is 15.5. The fourth-order valence-corrected chi connectivity index (χ4v) is 3.90. The molecule has 0 aliphatic heterocycles. The lowest BCUT2D eigenvalue weighted by Crippen LogP contribution is -2.25. The first kappa shape index (κ1) is 22.0. The second kappa shape index (κ2) is 9.53. The maximum Gasteiger partial charge on any atom is 0.261 e. The van der Waals surface area contributed by atoms with Gasteiger partial charge in [-0.25, -0.2) is 4.98 Å². The van der Waals surface area contributed by atoms with E-state index in [4.69, 9.17) is 11.6 Å². The summed E-state index contributed by atoms with van der Waals surface area (Å²) in [4.78, 5) is 42.3. The van der Waals surface area contributed by atoms with Gasteiger partial charge in [-0.2, -0.15) is 0 Å². The quantitative estimate of drug-likeness (QED) is 0.538. The number of anilines is 1. The van der Waals surface area contributed by atoms with E-state index in [-0.39, 0.29) is 34.9 Å². The van der Waals surface area contributed by atoms with E-state index >= 15 is 0 Å². The van der Waals surface area contributed by atoms with Crippen molar-refractivity contribution in [2.75, 3.05) is 11.9 Å². The highest BCUT2D eigenvalue weighted by molar-refractivity contribution is 6.34. The molecule has 0 atom stereocenters. The Balaban J connectivity index is 1.45. The molecule has 1 aliphatic rings. The summed E-state index contributed by atoms with van der Waals surface area (Å²) in [6.45, 7) is 2.54. The predicted molar refractivity (Wildman–Crippen MR) is 125 cm³/mol. The topological polar surface area (TPSA) is 93.1 Å². The van der Waals surface area contributed by atoms with Gasteiger partial charge in [-0.15, -0.1) is 0 Å². The molecule has 1 fully saturated rings. The maximum absolute atomic E-state index is 12.9. The van der Waals surface area contributed by atoms with Gasteiger partial charge in [0.1, 0.15) is 5.82 Å². The van der Waals surface area contributed by atoms with E-state index in [2.05, 4.69) is 15.6 Å². The number of rotatable bonds is 8. The molecule has 0 unspecified atom stereocenters. The summed E-state index contributed by atoms with van der Waals surface area (Å²) in [6.07, 6.45) is 3.27. The number of para-hydroxylation sites is 1. The highest BCUT2D eigenvalue weighted by atomic mass is 35.5. The van der Waals surface area contributed by atoms with Crippen molar-refractivity contribution in [3.63, 3.8) is 0 Å². The van der Waals surface area contributed by atoms with Crippen molar-refractivity contribution in [3.8, 4) is 0 Å². The van der Waals surface area contributed by atoms with Crippen LogP contribution in [0.15, 0.2) is 47.3 Å². The molecule has 2 amide bonds. The van der Waals surface area contributed by atoms with Crippen LogP contribution in [0.25, 0.3) is 10.9 Å². The molecule has 1 aromatic heterocycles. The second-order valence-electron chi connectivity index (χ2n) is 7.95. The number of hydrogen-bond donors (Lipinski definition) is 2. The number of fused-ring (bicyclic) bond motifs is 1. The molecule has 32 heavy (non-hydrogen) atoms. The summed E-state index contributed by atoms with van der Waals surface area (Å²) in [5, 5.41) is 6.46. The van der Waals surface area contributed by atoms with Crippen LogP contribution in [0.4, 0.5) is 5.69 Å². The van der Waals surface area contributed by atoms with E-state index in [0.29, 0.717) is 40.9 Å². The molecule has 4 rings (SSSR count). The largest absolute Gasteiger partial charge is 0.352 e. The zero-order chi connectivity index (χ0) is 22.7. The van der Waals surface area contributed by atoms with Crippen LogP contribution in [0, 0.1) is 0 Å². The van der Waals surface area contributed by atoms with Crippen LogP contribution >= 0.6 is 11.6 Å². The molecule has 0 bridgehead atoms. The summed E-state index contributed by atoms with van der Waals surface area (Å²) in [5.41, 5.74) is 1.48. The standard InChI is InChI=1S/C24H25ClN4O3/c1-2-13-26-23(31)17-10-7-15(14-19(17)25)27-22(30)12-11-21-28-20-6-4-3-5-18(20)24(32)29(21)16-8-9-16/h3-7,10,14,16H,2,8-9,11-13H2,1H3,(H,26,31)(H,27,30). The normalized spacial score (nSPS) is 13.2. The van der Waals surface area contributed by atoms with Gasteiger partial charge in [0.25, 0.3) is 11.5 Å². The minimum atomic E-state index is -0.241. The Morgan fingerprint density at radius 3 is 2.69 bits per heavy atom. The molecule has 1 heterocycles. The maximum atomic E-state index is 12.9. The third kappa shape index (κ3) is 4.83. The molecule has 2 N–H and O–H groups in total. The number of benzene rings is 2. The van der Waals surface area contributed by atoms with Gasteiger partial charge in [-0.05, 0) is 49.6 Å². The van der Waals surface area contributed by atoms with Crippen LogP contribution < -0.4 is 16.2 Å². The summed E-state index contributed by atoms with van der Waals surface area (Å²) in [6, 6.07) is 12.3. The van der Waals surface area contributed by atoms with Gasteiger partial charge in [0.15, 0.2) is 0 Å². The van der Waals surface area contributed by atoms with Crippen LogP contribution in [0.3, 0.4) is 0 Å². The minimum absolute atomic E-state index is 0.0442. The van der Waals surface area contributed by atoms with Crippen LogP contribution in [-0.4, -0.2) is 27.9 Å². The summed E-state index contributed by atoms with van der Waals surface area (Å²) in [5.74, 6) is 0.177. The molecule has 3 aromatic rings. The Kier molecular flexibility index (Phi) is 6.55. The fraction of sp³-hybridized carbons (Fsp3) is 0.333. The first-order valence-electron chi connectivity index (χ1n) is 10.9. The lowest BCUT2D eigenvalue weighted by molar-refractivity contribution is -0.116. The molecule has 8 heteroatoms. The number of halogens is 1. The van der Waals surface area contributed by atoms with Crippen molar-refractivity contribution in [3.05, 3.63) is 69.2 Å². The van der Waals surface area contributed by atoms with E-state index in [1.807, 2.05) is 25.1 Å². The van der Waals surface area contributed by atoms with Crippen molar-refractivity contribution >= 4 is 40.0 Å². The first-order valence-corrected chi connectivity index (χ1v) is 11.2. The highest BCUT2D eigenvalue weighted by Gasteiger charge is 2.28. The lowest BCUT2D eigenvalue weighted by Gasteiger charge is -2.13. The van der Waals surface area contributed by atoms with Gasteiger partial charge in [-0.1, -0.05) is 30.7 Å². The van der Waals surface area contributed by atoms with Gasteiger partial charge in [-0.3, -0.25) is 19.0 Å². The Hall–Kier alpha value is -3.19. The number of aryl methyl sites for hydroxylation is 1. The number of nitrogens with one attached hydrogen (secondary N) is 2. The summed E-state index contributed by atoms with van der Waals surface area (Å²) >= 11 is 6.23. The van der Waals surface area contributed by atoms with E-state index in [1.54, 1.807) is 28.8 Å². The van der Waals surface area contributed by atoms with Crippen LogP contribution in [-0.2, 0) is 11.2 Å². The molecule has 0 radical (unpaired) electrons. The van der Waals surface area contributed by atoms with E-state index in [1.165, 1.54) is 0 Å². The number of carbonyl (C=O) groups excluding carboxylic acids is 2. The van der Waals surface area contributed by atoms with Crippen LogP contribution in [0.2, 0.25) is 5.02 Å². The molecule has 1 aliphatic carbocycles. The Labute approximate surface area is 190 Å². The van der Waals surface area contributed by atoms with Crippen molar-refractivity contribution in [1.82, 2.24) is 14.9 Å². The van der Waals surface area contributed by atoms with E-state index in [9.17, 15) is 14.4 Å². The molecule has 166 valence electrons. The second-order valence-corrected chi connectivity index (χ2v) is 8.36. The van der Waals surface area contributed by atoms with Gasteiger partial charge in [0.05, 0.1) is 21.5 Å². The lowest BCUT2D eigenvalue weighted by atomic mass is 10.1. The Bertz CT molecular complexity index is 1230. The van der Waals surface area contributed by atoms with E-state index in [0.717, 1.165) is 19.3 Å². The predicted octanol–water partition coefficient (Wildman–Crippen LogP) is 4.10. The number of nitrogens with zero attached hydrogens (tertiary/aromatic N) is 2. The number of amides is 2. The summed E-state index contributed by atoms with van der Waals surface area (Å²) in [7, 11) is 0. The monoisotopic (exact) mass is 452 g/mol. The molecular weight excluding hydrogens is 428 g/mol. The van der Waals surface area contributed by atoms with Crippen molar-refractivity contribution in [1.29, 1.82) is 0 Å². The third-order valence-electron chi connectivity index (χ3n) is 5.40. The van der Waals surface area contributed by atoms with Gasteiger partial charge in [0.2, 0.25) is 5.91 Å². The SMILES string of the molecule is CCCNC(=O)c1ccc(NC(=O)CCc2nc3ccccc3c(=O)n2C2CC2)cc1Cl. The van der Waals surface area contributed by atoms with Crippen molar-refractivity contribution < 1.29 is 9.59 Å². The average Bonchev–Trinajstić information content (AvgIpc) is 3.61. The van der Waals surface area contributed by atoms with Gasteiger partial charge in [0, 0.05) is 31.1 Å². The molecular formula is C24H25ClN4O3.